The molecule has 1 heterocycles. The molecule has 37 heavy (non-hydrogen) atoms. The van der Waals surface area contributed by atoms with E-state index in [0.29, 0.717) is 0 Å². The third-order valence-corrected chi connectivity index (χ3v) is 6.41. The Morgan fingerprint density at radius 2 is 1.14 bits per heavy atom. The Labute approximate surface area is 219 Å². The van der Waals surface area contributed by atoms with Crippen LogP contribution in [0.5, 0.6) is 0 Å². The van der Waals surface area contributed by atoms with E-state index in [4.69, 9.17) is 18.6 Å². The number of halogens is 1. The molecule has 0 radical (unpaired) electrons. The standard InChI is InChI=1S/C30H29N2.ClHO4/c1-22-14-16-23(17-15-22)26-20-27(24-10-6-4-7-11-24)29(30-31(2)18-19-32(30)3)28(21-26)25-12-8-5-9-13-25;2-1(3,4)5/h4-17,20-21H,18-19H2,1-3H3;(H,2,3,4,5)/q+1;/p-1. The number of nitrogens with zero attached hydrogens (tertiary/aromatic N) is 2. The summed E-state index contributed by atoms with van der Waals surface area (Å²) in [7, 11) is -0.535. The first-order chi connectivity index (χ1) is 17.6. The van der Waals surface area contributed by atoms with E-state index in [0.717, 1.165) is 13.1 Å². The molecular weight excluding hydrogens is 488 g/mol. The summed E-state index contributed by atoms with van der Waals surface area (Å²) in [5.41, 5.74) is 10.1. The molecule has 0 N–H and O–H groups in total. The number of rotatable bonds is 4. The fraction of sp³-hybridized carbons (Fsp3) is 0.167. The fourth-order valence-electron chi connectivity index (χ4n) is 4.67. The number of likely N-dealkylation sites (N-methyl/N-ethyl adjacent to an activating group) is 2. The van der Waals surface area contributed by atoms with Gasteiger partial charge in [-0.05, 0) is 52.4 Å². The van der Waals surface area contributed by atoms with Crippen LogP contribution in [-0.2, 0) is 0 Å². The molecule has 1 aliphatic heterocycles. The lowest BCUT2D eigenvalue weighted by Gasteiger charge is -2.19. The quantitative estimate of drug-likeness (QED) is 0.383. The summed E-state index contributed by atoms with van der Waals surface area (Å²) in [6.45, 7) is 4.21. The van der Waals surface area contributed by atoms with Crippen molar-refractivity contribution in [3.05, 3.63) is 108 Å². The number of benzene rings is 4. The molecule has 6 nitrogen and oxygen atoms in total. The summed E-state index contributed by atoms with van der Waals surface area (Å²) >= 11 is 0. The highest BCUT2D eigenvalue weighted by atomic mass is 35.7. The van der Waals surface area contributed by atoms with Gasteiger partial charge in [0, 0.05) is 0 Å². The van der Waals surface area contributed by atoms with Crippen molar-refractivity contribution < 1.29 is 33.5 Å². The van der Waals surface area contributed by atoms with E-state index in [9.17, 15) is 0 Å². The Hall–Kier alpha value is -3.52. The number of hydrogen-bond acceptors (Lipinski definition) is 5. The summed E-state index contributed by atoms with van der Waals surface area (Å²) in [5, 5.41) is 0. The lowest BCUT2D eigenvalue weighted by atomic mass is 9.87. The molecule has 0 unspecified atom stereocenters. The molecule has 0 spiro atoms. The second kappa shape index (κ2) is 11.3. The maximum absolute atomic E-state index is 8.49. The molecular formula is C30H29ClN2O4. The zero-order chi connectivity index (χ0) is 26.6. The highest BCUT2D eigenvalue weighted by Gasteiger charge is 2.32. The van der Waals surface area contributed by atoms with Crippen molar-refractivity contribution in [2.75, 3.05) is 27.2 Å². The molecule has 0 amide bonds. The van der Waals surface area contributed by atoms with E-state index in [1.54, 1.807) is 0 Å². The van der Waals surface area contributed by atoms with Crippen LogP contribution < -0.4 is 18.6 Å². The lowest BCUT2D eigenvalue weighted by Crippen LogP contribution is -2.68. The SMILES string of the molecule is Cc1ccc(-c2cc(-c3ccccc3)c(C3=[N+](C)CCN3C)c(-c3ccccc3)c2)cc1.[O-][Cl+3]([O-])([O-])[O-]. The van der Waals surface area contributed by atoms with Crippen molar-refractivity contribution in [1.29, 1.82) is 0 Å². The lowest BCUT2D eigenvalue weighted by molar-refractivity contribution is -2.00. The molecule has 190 valence electrons. The van der Waals surface area contributed by atoms with Gasteiger partial charge < -0.3 is 0 Å². The first-order valence-electron chi connectivity index (χ1n) is 11.9. The molecule has 0 atom stereocenters. The van der Waals surface area contributed by atoms with Crippen LogP contribution in [0.15, 0.2) is 97.1 Å². The molecule has 5 rings (SSSR count). The van der Waals surface area contributed by atoms with Crippen LogP contribution in [0.25, 0.3) is 33.4 Å². The molecule has 0 saturated heterocycles. The summed E-state index contributed by atoms with van der Waals surface area (Å²) in [4.78, 5) is 2.39. The summed E-state index contributed by atoms with van der Waals surface area (Å²) < 4.78 is 36.4. The molecule has 7 heteroatoms. The van der Waals surface area contributed by atoms with Gasteiger partial charge in [-0.3, -0.25) is 9.48 Å². The monoisotopic (exact) mass is 516 g/mol. The van der Waals surface area contributed by atoms with Crippen molar-refractivity contribution in [2.45, 2.75) is 6.92 Å². The third kappa shape index (κ3) is 6.63. The Bertz CT molecular complexity index is 1320. The molecule has 0 aromatic heterocycles. The molecule has 0 bridgehead atoms. The molecule has 0 aliphatic carbocycles. The van der Waals surface area contributed by atoms with E-state index >= 15 is 0 Å². The summed E-state index contributed by atoms with van der Waals surface area (Å²) in [6.07, 6.45) is 0. The highest BCUT2D eigenvalue weighted by Crippen LogP contribution is 2.38. The smallest absolute Gasteiger partial charge is 0.260 e. The Morgan fingerprint density at radius 3 is 1.54 bits per heavy atom. The molecule has 0 fully saturated rings. The van der Waals surface area contributed by atoms with Crippen LogP contribution in [0, 0.1) is 17.2 Å². The molecule has 1 aliphatic rings. The van der Waals surface area contributed by atoms with Crippen LogP contribution in [0.3, 0.4) is 0 Å². The fourth-order valence-corrected chi connectivity index (χ4v) is 4.67. The maximum Gasteiger partial charge on any atom is 0.280 e. The number of aryl methyl sites for hydroxylation is 1. The van der Waals surface area contributed by atoms with Crippen molar-refractivity contribution >= 4 is 5.84 Å². The zero-order valence-electron chi connectivity index (χ0n) is 21.1. The number of amidine groups is 1. The van der Waals surface area contributed by atoms with Crippen LogP contribution in [0.1, 0.15) is 11.1 Å². The van der Waals surface area contributed by atoms with Crippen molar-refractivity contribution in [3.8, 4) is 33.4 Å². The predicted octanol–water partition coefficient (Wildman–Crippen LogP) is 1.57. The van der Waals surface area contributed by atoms with Gasteiger partial charge in [0.1, 0.15) is 13.1 Å². The second-order valence-electron chi connectivity index (χ2n) is 9.09. The van der Waals surface area contributed by atoms with E-state index < -0.39 is 10.2 Å². The first kappa shape index (κ1) is 26.5. The summed E-state index contributed by atoms with van der Waals surface area (Å²) in [6, 6.07) is 35.2. The van der Waals surface area contributed by atoms with Crippen molar-refractivity contribution in [2.24, 2.45) is 0 Å². The second-order valence-corrected chi connectivity index (χ2v) is 9.85. The summed E-state index contributed by atoms with van der Waals surface area (Å²) in [5.74, 6) is 1.29. The third-order valence-electron chi connectivity index (χ3n) is 6.41. The van der Waals surface area contributed by atoms with E-state index in [1.165, 1.54) is 50.3 Å². The zero-order valence-corrected chi connectivity index (χ0v) is 21.8. The minimum atomic E-state index is -4.94. The van der Waals surface area contributed by atoms with Crippen LogP contribution in [-0.4, -0.2) is 42.5 Å². The van der Waals surface area contributed by atoms with Gasteiger partial charge in [0.2, 0.25) is 0 Å². The van der Waals surface area contributed by atoms with Gasteiger partial charge in [0.15, 0.2) is 0 Å². The average Bonchev–Trinajstić information content (AvgIpc) is 3.21. The molecule has 4 aromatic rings. The Kier molecular flexibility index (Phi) is 8.07. The number of hydrogen-bond donors (Lipinski definition) is 0. The van der Waals surface area contributed by atoms with Gasteiger partial charge in [-0.2, -0.15) is 0 Å². The van der Waals surface area contributed by atoms with Crippen LogP contribution >= 0.6 is 0 Å². The molecule has 0 saturated carbocycles. The highest BCUT2D eigenvalue weighted by molar-refractivity contribution is 6.09. The van der Waals surface area contributed by atoms with Crippen LogP contribution in [0.2, 0.25) is 0 Å². The maximum atomic E-state index is 8.49. The minimum absolute atomic E-state index is 1.04. The van der Waals surface area contributed by atoms with Crippen molar-refractivity contribution in [3.63, 3.8) is 0 Å². The van der Waals surface area contributed by atoms with Crippen LogP contribution in [0.4, 0.5) is 0 Å². The average molecular weight is 517 g/mol. The largest absolute Gasteiger partial charge is 0.280 e. The van der Waals surface area contributed by atoms with Gasteiger partial charge in [-0.1, -0.05) is 90.5 Å². The van der Waals surface area contributed by atoms with Gasteiger partial charge in [-0.25, -0.2) is 18.6 Å². The molecule has 4 aromatic carbocycles. The van der Waals surface area contributed by atoms with Gasteiger partial charge >= 0.3 is 0 Å². The van der Waals surface area contributed by atoms with Gasteiger partial charge in [0.05, 0.1) is 19.7 Å². The van der Waals surface area contributed by atoms with E-state index in [2.05, 4.69) is 128 Å². The Morgan fingerprint density at radius 1 is 0.676 bits per heavy atom. The Balaban J connectivity index is 0.000000586. The topological polar surface area (TPSA) is 98.5 Å². The van der Waals surface area contributed by atoms with Gasteiger partial charge in [0.25, 0.3) is 5.84 Å². The normalized spacial score (nSPS) is 13.4. The van der Waals surface area contributed by atoms with E-state index in [-0.39, 0.29) is 0 Å². The first-order valence-corrected chi connectivity index (χ1v) is 13.1. The predicted molar refractivity (Wildman–Crippen MR) is 135 cm³/mol. The van der Waals surface area contributed by atoms with Crippen molar-refractivity contribution in [1.82, 2.24) is 4.90 Å². The van der Waals surface area contributed by atoms with Gasteiger partial charge in [-0.15, -0.1) is 10.2 Å². The minimum Gasteiger partial charge on any atom is -0.260 e. The van der Waals surface area contributed by atoms with E-state index in [1.807, 2.05) is 0 Å².